The van der Waals surface area contributed by atoms with Crippen LogP contribution < -0.4 is 24.6 Å². The van der Waals surface area contributed by atoms with Gasteiger partial charge < -0.3 is 9.47 Å². The van der Waals surface area contributed by atoms with Crippen molar-refractivity contribution >= 4 is 23.4 Å². The first-order valence-electron chi connectivity index (χ1n) is 9.77. The van der Waals surface area contributed by atoms with E-state index in [-0.39, 0.29) is 11.5 Å². The Balaban J connectivity index is 2.06. The maximum atomic E-state index is 13.2. The van der Waals surface area contributed by atoms with E-state index in [0.29, 0.717) is 40.0 Å². The lowest BCUT2D eigenvalue weighted by molar-refractivity contribution is -0.763. The van der Waals surface area contributed by atoms with Crippen molar-refractivity contribution in [2.45, 2.75) is 24.7 Å². The number of aromatic nitrogens is 3. The van der Waals surface area contributed by atoms with Gasteiger partial charge in [0.2, 0.25) is 11.1 Å². The lowest BCUT2D eigenvalue weighted by Crippen LogP contribution is -2.60. The van der Waals surface area contributed by atoms with E-state index in [1.807, 2.05) is 49.6 Å². The van der Waals surface area contributed by atoms with Gasteiger partial charge in [0.25, 0.3) is 6.17 Å². The molecule has 2 heterocycles. The minimum atomic E-state index is -0.662. The zero-order valence-electron chi connectivity index (χ0n) is 17.7. The Morgan fingerprint density at radius 2 is 1.94 bits per heavy atom. The molecule has 4 rings (SSSR count). The number of benzene rings is 2. The molecule has 0 saturated carbocycles. The number of hydrogen-bond donors (Lipinski definition) is 1. The molecule has 31 heavy (non-hydrogen) atoms. The van der Waals surface area contributed by atoms with Gasteiger partial charge in [-0.05, 0) is 41.3 Å². The van der Waals surface area contributed by atoms with Crippen LogP contribution in [-0.2, 0) is 4.79 Å². The number of rotatable bonds is 5. The first kappa shape index (κ1) is 20.9. The predicted molar refractivity (Wildman–Crippen MR) is 118 cm³/mol. The Morgan fingerprint density at radius 1 is 1.19 bits per heavy atom. The van der Waals surface area contributed by atoms with Gasteiger partial charge in [-0.15, -0.1) is 0 Å². The second-order valence-corrected chi connectivity index (χ2v) is 7.67. The highest BCUT2D eigenvalue weighted by molar-refractivity contribution is 7.98. The highest BCUT2D eigenvalue weighted by Crippen LogP contribution is 2.39. The molecule has 2 aromatic carbocycles. The lowest BCUT2D eigenvalue weighted by atomic mass is 10.0. The van der Waals surface area contributed by atoms with Crippen LogP contribution >= 0.6 is 11.8 Å². The molecular weight excluding hydrogens is 416 g/mol. The minimum absolute atomic E-state index is 0.0850. The molecule has 1 aliphatic heterocycles. The third-order valence-corrected chi connectivity index (χ3v) is 5.80. The number of para-hydroxylation sites is 1. The summed E-state index contributed by atoms with van der Waals surface area (Å²) in [6.45, 7) is 1.81. The third kappa shape index (κ3) is 3.44. The van der Waals surface area contributed by atoms with Gasteiger partial charge in [-0.25, -0.2) is 4.90 Å². The number of nitrogens with one attached hydrogen (secondary N) is 1. The number of hydrogen-bond acceptors (Lipinski definition) is 6. The fraction of sp³-hybridized carbons (Fsp3) is 0.273. The number of amides is 1. The zero-order valence-corrected chi connectivity index (χ0v) is 18.5. The summed E-state index contributed by atoms with van der Waals surface area (Å²) in [5.74, 6) is 1.02. The van der Waals surface area contributed by atoms with Gasteiger partial charge in [0.1, 0.15) is 0 Å². The van der Waals surface area contributed by atoms with E-state index in [9.17, 15) is 9.59 Å². The monoisotopic (exact) mass is 439 g/mol. The van der Waals surface area contributed by atoms with E-state index in [0.717, 1.165) is 5.56 Å². The largest absolute Gasteiger partial charge is 0.493 e. The summed E-state index contributed by atoms with van der Waals surface area (Å²) in [5.41, 5.74) is 2.19. The van der Waals surface area contributed by atoms with Crippen LogP contribution in [0.4, 0.5) is 5.69 Å². The van der Waals surface area contributed by atoms with Crippen molar-refractivity contribution < 1.29 is 19.0 Å². The number of thioether (sulfide) groups is 1. The van der Waals surface area contributed by atoms with E-state index in [4.69, 9.17) is 9.47 Å². The summed E-state index contributed by atoms with van der Waals surface area (Å²) in [6.07, 6.45) is 1.47. The molecule has 160 valence electrons. The molecule has 1 N–H and O–H groups in total. The maximum absolute atomic E-state index is 13.2. The molecular formula is C22H23N4O4S+. The molecule has 1 amide bonds. The summed E-state index contributed by atoms with van der Waals surface area (Å²) in [5, 5.41) is 5.13. The number of methoxy groups -OCH3 is 2. The summed E-state index contributed by atoms with van der Waals surface area (Å²) in [7, 11) is 3.12. The van der Waals surface area contributed by atoms with E-state index in [2.05, 4.69) is 10.1 Å². The molecule has 0 unspecified atom stereocenters. The van der Waals surface area contributed by atoms with Crippen molar-refractivity contribution in [2.24, 2.45) is 0 Å². The Hall–Kier alpha value is -3.33. The number of carbonyl (C=O) groups is 1. The van der Waals surface area contributed by atoms with Crippen molar-refractivity contribution in [1.82, 2.24) is 10.1 Å². The van der Waals surface area contributed by atoms with Crippen LogP contribution in [0.5, 0.6) is 11.5 Å². The maximum Gasteiger partial charge on any atom is 0.325 e. The number of nitrogens with zero attached hydrogens (tertiary/aromatic N) is 3. The molecule has 1 aromatic heterocycles. The van der Waals surface area contributed by atoms with Gasteiger partial charge in [-0.1, -0.05) is 30.8 Å². The Labute approximate surface area is 183 Å². The molecule has 1 atom stereocenters. The summed E-state index contributed by atoms with van der Waals surface area (Å²) >= 11 is 1.33. The number of carbonyl (C=O) groups excluding carboxylic acids is 1. The summed E-state index contributed by atoms with van der Waals surface area (Å²) < 4.78 is 12.5. The molecule has 0 bridgehead atoms. The fourth-order valence-corrected chi connectivity index (χ4v) is 4.18. The molecule has 1 aliphatic rings. The molecule has 9 heteroatoms. The molecule has 0 radical (unpaired) electrons. The fourth-order valence-electron chi connectivity index (χ4n) is 3.82. The van der Waals surface area contributed by atoms with Gasteiger partial charge in [-0.2, -0.15) is 0 Å². The van der Waals surface area contributed by atoms with Crippen LogP contribution in [0.1, 0.15) is 25.1 Å². The molecule has 3 aromatic rings. The Morgan fingerprint density at radius 3 is 2.61 bits per heavy atom. The highest BCUT2D eigenvalue weighted by atomic mass is 32.2. The topological polar surface area (TPSA) is 88.4 Å². The molecule has 0 saturated heterocycles. The number of aromatic amines is 1. The van der Waals surface area contributed by atoms with Gasteiger partial charge in [0.15, 0.2) is 11.5 Å². The van der Waals surface area contributed by atoms with E-state index in [1.54, 1.807) is 29.9 Å². The van der Waals surface area contributed by atoms with Crippen LogP contribution in [0.3, 0.4) is 0 Å². The van der Waals surface area contributed by atoms with Gasteiger partial charge in [0.05, 0.1) is 25.5 Å². The van der Waals surface area contributed by atoms with Crippen molar-refractivity contribution in [3.05, 3.63) is 58.4 Å². The molecule has 0 fully saturated rings. The molecule has 8 nitrogen and oxygen atoms in total. The van der Waals surface area contributed by atoms with Crippen LogP contribution in [-0.4, -0.2) is 36.5 Å². The molecule has 0 aliphatic carbocycles. The summed E-state index contributed by atoms with van der Waals surface area (Å²) in [4.78, 5) is 30.8. The number of anilines is 1. The van der Waals surface area contributed by atoms with E-state index >= 15 is 0 Å². The van der Waals surface area contributed by atoms with Crippen LogP contribution in [0, 0.1) is 0 Å². The predicted octanol–water partition coefficient (Wildman–Crippen LogP) is 2.77. The zero-order chi connectivity index (χ0) is 22.1. The average Bonchev–Trinajstić information content (AvgIpc) is 2.81. The second-order valence-electron chi connectivity index (χ2n) is 6.88. The third-order valence-electron chi connectivity index (χ3n) is 5.23. The first-order valence-corrected chi connectivity index (χ1v) is 11.0. The number of fused-ring (bicyclic) bond motifs is 3. The standard InChI is InChI=1S/C22H22N4O4S/c1-5-18(27)25-15-9-7-6-8-14(15)19-20(28)23-22(31-4)24-26(19)21(25)13-10-11-16(29-2)17(12-13)30-3/h6-12,21H,5H2,1-4H3/p+1/t21-/m0/s1. The van der Waals surface area contributed by atoms with Crippen molar-refractivity contribution in [1.29, 1.82) is 0 Å². The Kier molecular flexibility index (Phi) is 5.69. The van der Waals surface area contributed by atoms with E-state index < -0.39 is 6.17 Å². The van der Waals surface area contributed by atoms with Gasteiger partial charge >= 0.3 is 11.3 Å². The minimum Gasteiger partial charge on any atom is -0.493 e. The van der Waals surface area contributed by atoms with Crippen molar-refractivity contribution in [3.63, 3.8) is 0 Å². The van der Waals surface area contributed by atoms with E-state index in [1.165, 1.54) is 11.8 Å². The Bertz CT molecular complexity index is 1210. The van der Waals surface area contributed by atoms with Crippen LogP contribution in [0.25, 0.3) is 11.3 Å². The SMILES string of the molecule is CCC(=O)N1c2ccccc2-c2c(=O)[nH]c(SC)n[n+]2[C@H]1c1ccc(OC)c(OC)c1. The van der Waals surface area contributed by atoms with Crippen LogP contribution in [0.15, 0.2) is 52.4 Å². The van der Waals surface area contributed by atoms with Crippen molar-refractivity contribution in [2.75, 3.05) is 25.4 Å². The van der Waals surface area contributed by atoms with Gasteiger partial charge in [0, 0.05) is 17.1 Å². The van der Waals surface area contributed by atoms with Gasteiger partial charge in [-0.3, -0.25) is 14.6 Å². The highest BCUT2D eigenvalue weighted by Gasteiger charge is 2.45. The molecule has 0 spiro atoms. The van der Waals surface area contributed by atoms with Crippen LogP contribution in [0.2, 0.25) is 0 Å². The summed E-state index contributed by atoms with van der Waals surface area (Å²) in [6, 6.07) is 12.8. The second kappa shape index (κ2) is 8.43. The number of ether oxygens (including phenoxy) is 2. The van der Waals surface area contributed by atoms with Crippen molar-refractivity contribution in [3.8, 4) is 22.8 Å². The lowest BCUT2D eigenvalue weighted by Gasteiger charge is -2.32. The number of H-pyrrole nitrogens is 1. The average molecular weight is 440 g/mol. The first-order chi connectivity index (χ1) is 15.0. The normalized spacial score (nSPS) is 14.6. The smallest absolute Gasteiger partial charge is 0.325 e. The quantitative estimate of drug-likeness (QED) is 0.486.